The second-order valence-corrected chi connectivity index (χ2v) is 7.17. The van der Waals surface area contributed by atoms with Crippen molar-refractivity contribution in [1.29, 1.82) is 5.26 Å². The minimum atomic E-state index is -5.09. The van der Waals surface area contributed by atoms with Gasteiger partial charge in [0.05, 0.1) is 23.0 Å². The SMILES string of the molecule is Cc1ccccc1-c1cc(C#N)ncc1N(C)C(=O)c1cc(C(F)(F)F)cc(C(F)(F)F)c1. The number of anilines is 1. The number of hydrogen-bond donors (Lipinski definition) is 0. The minimum absolute atomic E-state index is 0.0243. The number of amides is 1. The zero-order valence-corrected chi connectivity index (χ0v) is 17.2. The molecule has 3 rings (SSSR count). The van der Waals surface area contributed by atoms with Gasteiger partial charge in [-0.3, -0.25) is 4.79 Å². The fourth-order valence-corrected chi connectivity index (χ4v) is 3.25. The van der Waals surface area contributed by atoms with Gasteiger partial charge in [0.15, 0.2) is 0 Å². The highest BCUT2D eigenvalue weighted by molar-refractivity contribution is 6.08. The van der Waals surface area contributed by atoms with Crippen molar-refractivity contribution in [3.05, 3.63) is 82.7 Å². The Kier molecular flexibility index (Phi) is 6.18. The first-order valence-corrected chi connectivity index (χ1v) is 9.36. The number of pyridine rings is 1. The Hall–Kier alpha value is -3.87. The molecular weight excluding hydrogens is 448 g/mol. The van der Waals surface area contributed by atoms with Gasteiger partial charge >= 0.3 is 12.4 Å². The van der Waals surface area contributed by atoms with Crippen molar-refractivity contribution in [2.75, 3.05) is 11.9 Å². The Morgan fingerprint density at radius 2 is 1.52 bits per heavy atom. The van der Waals surface area contributed by atoms with E-state index in [1.165, 1.54) is 19.3 Å². The van der Waals surface area contributed by atoms with Crippen molar-refractivity contribution in [2.45, 2.75) is 19.3 Å². The van der Waals surface area contributed by atoms with Crippen molar-refractivity contribution in [3.63, 3.8) is 0 Å². The third kappa shape index (κ3) is 4.98. The normalized spacial score (nSPS) is 11.7. The van der Waals surface area contributed by atoms with Crippen molar-refractivity contribution in [3.8, 4) is 17.2 Å². The number of nitriles is 1. The van der Waals surface area contributed by atoms with Gasteiger partial charge in [-0.15, -0.1) is 0 Å². The zero-order valence-electron chi connectivity index (χ0n) is 17.2. The van der Waals surface area contributed by atoms with Crippen LogP contribution in [0.4, 0.5) is 32.0 Å². The summed E-state index contributed by atoms with van der Waals surface area (Å²) in [5, 5.41) is 9.20. The third-order valence-electron chi connectivity index (χ3n) is 4.93. The Morgan fingerprint density at radius 3 is 2.03 bits per heavy atom. The molecule has 0 atom stereocenters. The van der Waals surface area contributed by atoms with Gasteiger partial charge in [-0.2, -0.15) is 31.6 Å². The quantitative estimate of drug-likeness (QED) is 0.432. The van der Waals surface area contributed by atoms with Gasteiger partial charge in [-0.25, -0.2) is 4.98 Å². The number of alkyl halides is 6. The molecule has 3 aromatic rings. The van der Waals surface area contributed by atoms with E-state index in [4.69, 9.17) is 0 Å². The average molecular weight is 463 g/mol. The Labute approximate surface area is 184 Å². The second-order valence-electron chi connectivity index (χ2n) is 7.17. The molecule has 0 bridgehead atoms. The van der Waals surface area contributed by atoms with E-state index in [0.717, 1.165) is 10.5 Å². The molecule has 2 aromatic carbocycles. The topological polar surface area (TPSA) is 57.0 Å². The molecule has 0 aliphatic rings. The Morgan fingerprint density at radius 1 is 0.939 bits per heavy atom. The van der Waals surface area contributed by atoms with Crippen LogP contribution in [0.15, 0.2) is 54.7 Å². The van der Waals surface area contributed by atoms with Crippen LogP contribution in [0.3, 0.4) is 0 Å². The van der Waals surface area contributed by atoms with Crippen LogP contribution in [0.2, 0.25) is 0 Å². The van der Waals surface area contributed by atoms with Crippen LogP contribution in [0, 0.1) is 18.3 Å². The lowest BCUT2D eigenvalue weighted by molar-refractivity contribution is -0.143. The molecule has 0 spiro atoms. The number of carbonyl (C=O) groups is 1. The minimum Gasteiger partial charge on any atom is -0.309 e. The number of aromatic nitrogens is 1. The number of halogens is 6. The highest BCUT2D eigenvalue weighted by Gasteiger charge is 2.38. The molecule has 0 aliphatic carbocycles. The number of benzene rings is 2. The summed E-state index contributed by atoms with van der Waals surface area (Å²) < 4.78 is 79.2. The Bertz CT molecular complexity index is 1230. The van der Waals surface area contributed by atoms with E-state index in [-0.39, 0.29) is 17.4 Å². The van der Waals surface area contributed by atoms with E-state index >= 15 is 0 Å². The van der Waals surface area contributed by atoms with Gasteiger partial charge in [0.1, 0.15) is 11.8 Å². The molecule has 4 nitrogen and oxygen atoms in total. The summed E-state index contributed by atoms with van der Waals surface area (Å²) in [5.74, 6) is -1.10. The van der Waals surface area contributed by atoms with Gasteiger partial charge in [-0.1, -0.05) is 24.3 Å². The predicted molar refractivity (Wildman–Crippen MR) is 108 cm³/mol. The molecule has 1 aromatic heterocycles. The summed E-state index contributed by atoms with van der Waals surface area (Å²) in [5.41, 5.74) is -2.08. The van der Waals surface area contributed by atoms with E-state index in [9.17, 15) is 36.4 Å². The number of hydrogen-bond acceptors (Lipinski definition) is 3. The fraction of sp³-hybridized carbons (Fsp3) is 0.174. The molecule has 0 N–H and O–H groups in total. The van der Waals surface area contributed by atoms with Crippen LogP contribution >= 0.6 is 0 Å². The largest absolute Gasteiger partial charge is 0.416 e. The summed E-state index contributed by atoms with van der Waals surface area (Å²) in [6, 6.07) is 10.9. The first kappa shape index (κ1) is 23.8. The van der Waals surface area contributed by atoms with Gasteiger partial charge in [0.25, 0.3) is 5.91 Å². The van der Waals surface area contributed by atoms with Crippen LogP contribution in [0.5, 0.6) is 0 Å². The van der Waals surface area contributed by atoms with Gasteiger partial charge in [0, 0.05) is 18.2 Å². The maximum Gasteiger partial charge on any atom is 0.416 e. The van der Waals surface area contributed by atoms with E-state index < -0.39 is 35.0 Å². The fourth-order valence-electron chi connectivity index (χ4n) is 3.25. The third-order valence-corrected chi connectivity index (χ3v) is 4.93. The van der Waals surface area contributed by atoms with Gasteiger partial charge < -0.3 is 4.90 Å². The van der Waals surface area contributed by atoms with Gasteiger partial charge in [0.2, 0.25) is 0 Å². The molecule has 0 unspecified atom stereocenters. The lowest BCUT2D eigenvalue weighted by Crippen LogP contribution is -2.28. The molecule has 0 saturated carbocycles. The van der Waals surface area contributed by atoms with E-state index in [1.807, 2.05) is 6.07 Å². The van der Waals surface area contributed by atoms with Crippen molar-refractivity contribution < 1.29 is 31.1 Å². The molecule has 0 radical (unpaired) electrons. The predicted octanol–water partition coefficient (Wildman–Crippen LogP) is 6.24. The van der Waals surface area contributed by atoms with Crippen molar-refractivity contribution in [2.24, 2.45) is 0 Å². The number of aryl methyl sites for hydroxylation is 1. The molecule has 0 aliphatic heterocycles. The monoisotopic (exact) mass is 463 g/mol. The lowest BCUT2D eigenvalue weighted by Gasteiger charge is -2.22. The molecular formula is C23H15F6N3O. The van der Waals surface area contributed by atoms with Crippen LogP contribution in [-0.4, -0.2) is 17.9 Å². The lowest BCUT2D eigenvalue weighted by atomic mass is 9.98. The number of carbonyl (C=O) groups excluding carboxylic acids is 1. The molecule has 0 saturated heterocycles. The van der Waals surface area contributed by atoms with Crippen LogP contribution in [-0.2, 0) is 12.4 Å². The molecule has 170 valence electrons. The van der Waals surface area contributed by atoms with E-state index in [0.29, 0.717) is 23.3 Å². The van der Waals surface area contributed by atoms with Crippen molar-refractivity contribution in [1.82, 2.24) is 4.98 Å². The standard InChI is InChI=1S/C23H15F6N3O/c1-13-5-3-4-6-18(13)19-10-17(11-30)31-12-20(19)32(2)21(33)14-7-15(22(24,25)26)9-16(8-14)23(27,28)29/h3-10,12H,1-2H3. The average Bonchev–Trinajstić information content (AvgIpc) is 2.76. The maximum absolute atomic E-state index is 13.2. The molecule has 33 heavy (non-hydrogen) atoms. The first-order valence-electron chi connectivity index (χ1n) is 9.36. The zero-order chi connectivity index (χ0) is 24.6. The van der Waals surface area contributed by atoms with E-state index in [2.05, 4.69) is 4.98 Å². The molecule has 10 heteroatoms. The Balaban J connectivity index is 2.16. The summed E-state index contributed by atoms with van der Waals surface area (Å²) in [6.07, 6.45) is -9.00. The summed E-state index contributed by atoms with van der Waals surface area (Å²) in [6.45, 7) is 1.77. The van der Waals surface area contributed by atoms with Crippen molar-refractivity contribution >= 4 is 11.6 Å². The van der Waals surface area contributed by atoms with E-state index in [1.54, 1.807) is 31.2 Å². The maximum atomic E-state index is 13.2. The summed E-state index contributed by atoms with van der Waals surface area (Å²) >= 11 is 0. The first-order chi connectivity index (χ1) is 15.3. The van der Waals surface area contributed by atoms with Crippen LogP contribution in [0.1, 0.15) is 32.7 Å². The highest BCUT2D eigenvalue weighted by atomic mass is 19.4. The molecule has 1 amide bonds. The summed E-state index contributed by atoms with van der Waals surface area (Å²) in [7, 11) is 1.21. The highest BCUT2D eigenvalue weighted by Crippen LogP contribution is 2.38. The second kappa shape index (κ2) is 8.58. The molecule has 1 heterocycles. The number of nitrogens with zero attached hydrogens (tertiary/aromatic N) is 3. The van der Waals surface area contributed by atoms with Gasteiger partial charge in [-0.05, 0) is 42.3 Å². The van der Waals surface area contributed by atoms with Crippen LogP contribution in [0.25, 0.3) is 11.1 Å². The van der Waals surface area contributed by atoms with Crippen LogP contribution < -0.4 is 4.90 Å². The number of rotatable bonds is 3. The molecule has 0 fully saturated rings. The smallest absolute Gasteiger partial charge is 0.309 e. The summed E-state index contributed by atoms with van der Waals surface area (Å²) in [4.78, 5) is 17.8.